The van der Waals surface area contributed by atoms with Gasteiger partial charge >= 0.3 is 0 Å². The highest BCUT2D eigenvalue weighted by molar-refractivity contribution is 5.46. The summed E-state index contributed by atoms with van der Waals surface area (Å²) in [4.78, 5) is 0. The van der Waals surface area contributed by atoms with Gasteiger partial charge < -0.3 is 0 Å². The van der Waals surface area contributed by atoms with Crippen LogP contribution in [-0.2, 0) is 0 Å². The molecule has 0 aliphatic heterocycles. The summed E-state index contributed by atoms with van der Waals surface area (Å²) in [6.07, 6.45) is 8.46. The van der Waals surface area contributed by atoms with Gasteiger partial charge in [0.05, 0.1) is 0 Å². The van der Waals surface area contributed by atoms with Gasteiger partial charge in [-0.15, -0.1) is 0 Å². The van der Waals surface area contributed by atoms with Crippen LogP contribution in [0.4, 0.5) is 0 Å². The van der Waals surface area contributed by atoms with Crippen molar-refractivity contribution in [1.29, 1.82) is 0 Å². The van der Waals surface area contributed by atoms with Gasteiger partial charge in [0, 0.05) is 5.92 Å². The number of rotatable bonds is 3. The van der Waals surface area contributed by atoms with E-state index in [9.17, 15) is 0 Å². The summed E-state index contributed by atoms with van der Waals surface area (Å²) in [7, 11) is 0. The largest absolute Gasteiger partial charge is 0.0701 e. The van der Waals surface area contributed by atoms with Gasteiger partial charge in [-0.3, -0.25) is 0 Å². The van der Waals surface area contributed by atoms with Crippen LogP contribution in [0, 0.1) is 5.92 Å². The quantitative estimate of drug-likeness (QED) is 0.574. The van der Waals surface area contributed by atoms with Gasteiger partial charge in [-0.2, -0.15) is 0 Å². The third kappa shape index (κ3) is 2.21. The zero-order chi connectivity index (χ0) is 8.27. The third-order valence-corrected chi connectivity index (χ3v) is 2.15. The molecule has 0 aromatic heterocycles. The molecule has 1 radical (unpaired) electrons. The van der Waals surface area contributed by atoms with Gasteiger partial charge in [0.1, 0.15) is 0 Å². The average Bonchev–Trinajstić information content (AvgIpc) is 2.26. The Hall–Kier alpha value is -0.520. The maximum absolute atomic E-state index is 2.31. The van der Waals surface area contributed by atoms with Crippen molar-refractivity contribution in [1.82, 2.24) is 0 Å². The van der Waals surface area contributed by atoms with Crippen LogP contribution in [0.15, 0.2) is 23.3 Å². The minimum Gasteiger partial charge on any atom is -0.0701 e. The molecule has 11 heavy (non-hydrogen) atoms. The lowest BCUT2D eigenvalue weighted by Crippen LogP contribution is -1.91. The Balaban J connectivity index is 2.42. The van der Waals surface area contributed by atoms with Crippen molar-refractivity contribution < 1.29 is 0 Å². The minimum atomic E-state index is 1.26. The molecule has 0 unspecified atom stereocenters. The standard InChI is InChI=1S/C11H17/c1-4-5-6-11-8-9(2)7-10(11)3/h7-8H,4-6H2,1-3H3. The molecule has 0 amide bonds. The van der Waals surface area contributed by atoms with E-state index in [1.165, 1.54) is 30.4 Å². The Labute approximate surface area is 70.0 Å². The van der Waals surface area contributed by atoms with Crippen molar-refractivity contribution in [2.24, 2.45) is 0 Å². The van der Waals surface area contributed by atoms with Gasteiger partial charge in [0.15, 0.2) is 0 Å². The molecule has 0 atom stereocenters. The second-order valence-corrected chi connectivity index (χ2v) is 3.34. The molecular formula is C11H17. The lowest BCUT2D eigenvalue weighted by Gasteiger charge is -2.06. The molecule has 0 saturated heterocycles. The fraction of sp³-hybridized carbons (Fsp3) is 0.545. The predicted molar refractivity (Wildman–Crippen MR) is 50.3 cm³/mol. The third-order valence-electron chi connectivity index (χ3n) is 2.15. The Bertz CT molecular complexity index is 184. The van der Waals surface area contributed by atoms with Gasteiger partial charge in [-0.25, -0.2) is 0 Å². The maximum Gasteiger partial charge on any atom is 0.0225 e. The van der Waals surface area contributed by atoms with E-state index in [4.69, 9.17) is 0 Å². The highest BCUT2D eigenvalue weighted by atomic mass is 14.2. The Kier molecular flexibility index (Phi) is 2.92. The molecule has 0 fully saturated rings. The first-order valence-corrected chi connectivity index (χ1v) is 4.47. The topological polar surface area (TPSA) is 0 Å². The fourth-order valence-electron chi connectivity index (χ4n) is 1.50. The van der Waals surface area contributed by atoms with Crippen molar-refractivity contribution in [3.63, 3.8) is 0 Å². The van der Waals surface area contributed by atoms with Crippen molar-refractivity contribution in [3.05, 3.63) is 29.2 Å². The Morgan fingerprint density at radius 2 is 1.91 bits per heavy atom. The van der Waals surface area contributed by atoms with Gasteiger partial charge in [-0.1, -0.05) is 43.1 Å². The normalized spacial score (nSPS) is 18.5. The van der Waals surface area contributed by atoms with Crippen LogP contribution in [0.1, 0.15) is 40.0 Å². The van der Waals surface area contributed by atoms with Crippen molar-refractivity contribution in [2.75, 3.05) is 0 Å². The monoisotopic (exact) mass is 149 g/mol. The average molecular weight is 149 g/mol. The zero-order valence-corrected chi connectivity index (χ0v) is 7.78. The van der Waals surface area contributed by atoms with Crippen molar-refractivity contribution in [2.45, 2.75) is 40.0 Å². The van der Waals surface area contributed by atoms with E-state index in [-0.39, 0.29) is 0 Å². The minimum absolute atomic E-state index is 1.26. The van der Waals surface area contributed by atoms with E-state index in [1.54, 1.807) is 5.92 Å². The summed E-state index contributed by atoms with van der Waals surface area (Å²) < 4.78 is 0. The number of allylic oxidation sites excluding steroid dienone is 4. The molecular weight excluding hydrogens is 132 g/mol. The highest BCUT2D eigenvalue weighted by Gasteiger charge is 2.12. The van der Waals surface area contributed by atoms with Crippen LogP contribution in [0.3, 0.4) is 0 Å². The molecule has 0 aromatic carbocycles. The Morgan fingerprint density at radius 3 is 2.36 bits per heavy atom. The lowest BCUT2D eigenvalue weighted by atomic mass is 9.98. The van der Waals surface area contributed by atoms with Gasteiger partial charge in [0.25, 0.3) is 0 Å². The van der Waals surface area contributed by atoms with E-state index in [2.05, 4.69) is 32.9 Å². The Morgan fingerprint density at radius 1 is 1.18 bits per heavy atom. The summed E-state index contributed by atoms with van der Waals surface area (Å²) >= 11 is 0. The van der Waals surface area contributed by atoms with Crippen LogP contribution < -0.4 is 0 Å². The van der Waals surface area contributed by atoms with E-state index in [0.29, 0.717) is 0 Å². The first-order chi connectivity index (χ1) is 5.24. The van der Waals surface area contributed by atoms with E-state index in [0.717, 1.165) is 0 Å². The summed E-state index contributed by atoms with van der Waals surface area (Å²) in [6, 6.07) is 0. The van der Waals surface area contributed by atoms with Crippen LogP contribution >= 0.6 is 0 Å². The summed E-state index contributed by atoms with van der Waals surface area (Å²) in [5, 5.41) is 0. The SMILES string of the molecule is CCCC[C]1C=C(C)C=C1C. The first kappa shape index (κ1) is 8.58. The van der Waals surface area contributed by atoms with Gasteiger partial charge in [-0.05, 0) is 20.3 Å². The summed E-state index contributed by atoms with van der Waals surface area (Å²) in [6.45, 7) is 6.62. The molecule has 0 N–H and O–H groups in total. The molecule has 0 bridgehead atoms. The maximum atomic E-state index is 2.31. The van der Waals surface area contributed by atoms with Crippen molar-refractivity contribution in [3.8, 4) is 0 Å². The number of hydrogen-bond donors (Lipinski definition) is 0. The highest BCUT2D eigenvalue weighted by Crippen LogP contribution is 2.29. The number of unbranched alkanes of at least 4 members (excludes halogenated alkanes) is 1. The van der Waals surface area contributed by atoms with E-state index >= 15 is 0 Å². The molecule has 1 aliphatic rings. The van der Waals surface area contributed by atoms with Crippen LogP contribution in [0.5, 0.6) is 0 Å². The first-order valence-electron chi connectivity index (χ1n) is 4.47. The van der Waals surface area contributed by atoms with Crippen molar-refractivity contribution >= 4 is 0 Å². The number of hydrogen-bond acceptors (Lipinski definition) is 0. The predicted octanol–water partition coefficient (Wildman–Crippen LogP) is 3.66. The van der Waals surface area contributed by atoms with E-state index in [1.807, 2.05) is 0 Å². The zero-order valence-electron chi connectivity index (χ0n) is 7.78. The molecule has 0 saturated carbocycles. The molecule has 0 heteroatoms. The molecule has 61 valence electrons. The molecule has 1 rings (SSSR count). The molecule has 0 aromatic rings. The van der Waals surface area contributed by atoms with Gasteiger partial charge in [0.2, 0.25) is 0 Å². The lowest BCUT2D eigenvalue weighted by molar-refractivity contribution is 0.760. The van der Waals surface area contributed by atoms with Crippen LogP contribution in [-0.4, -0.2) is 0 Å². The second kappa shape index (κ2) is 3.75. The van der Waals surface area contributed by atoms with Crippen LogP contribution in [0.2, 0.25) is 0 Å². The molecule has 1 aliphatic carbocycles. The summed E-state index contributed by atoms with van der Waals surface area (Å²) in [5.74, 6) is 1.55. The summed E-state index contributed by atoms with van der Waals surface area (Å²) in [5.41, 5.74) is 2.88. The fourth-order valence-corrected chi connectivity index (χ4v) is 1.50. The van der Waals surface area contributed by atoms with Crippen LogP contribution in [0.25, 0.3) is 0 Å². The van der Waals surface area contributed by atoms with E-state index < -0.39 is 0 Å². The molecule has 0 nitrogen and oxygen atoms in total. The molecule has 0 heterocycles. The molecule has 0 spiro atoms. The smallest absolute Gasteiger partial charge is 0.0225 e. The second-order valence-electron chi connectivity index (χ2n) is 3.34.